The molecule has 0 radical (unpaired) electrons. The van der Waals surface area contributed by atoms with Gasteiger partial charge in [-0.1, -0.05) is 18.2 Å². The molecule has 0 spiro atoms. The number of hydrogen-bond acceptors (Lipinski definition) is 3. The summed E-state index contributed by atoms with van der Waals surface area (Å²) in [7, 11) is 0. The van der Waals surface area contributed by atoms with Gasteiger partial charge in [0.05, 0.1) is 18.2 Å². The number of carbonyl (C=O) groups excluding carboxylic acids is 2. The van der Waals surface area contributed by atoms with Crippen LogP contribution in [0.15, 0.2) is 30.3 Å². The quantitative estimate of drug-likeness (QED) is 0.837. The average Bonchev–Trinajstić information content (AvgIpc) is 3.21. The molecule has 2 heterocycles. The number of aromatic nitrogens is 2. The summed E-state index contributed by atoms with van der Waals surface area (Å²) < 4.78 is 2.04. The van der Waals surface area contributed by atoms with Crippen LogP contribution in [0.25, 0.3) is 0 Å². The van der Waals surface area contributed by atoms with E-state index in [1.807, 2.05) is 29.8 Å². The first kappa shape index (κ1) is 16.8. The van der Waals surface area contributed by atoms with Crippen LogP contribution < -0.4 is 10.6 Å². The standard InChI is InChI=1S/C20H24N4O2/c1-13-9-14(2)24(23-13)12-20(7-8-20)11-21-18(25)10-17-15-5-3-4-6-16(15)19(26)22-17/h3-6,9,17H,7-8,10-12H2,1-2H3,(H,21,25)(H,22,26)/t17-/m1/s1. The fourth-order valence-electron chi connectivity index (χ4n) is 3.75. The lowest BCUT2D eigenvalue weighted by molar-refractivity contribution is -0.121. The van der Waals surface area contributed by atoms with Crippen LogP contribution in [0.2, 0.25) is 0 Å². The summed E-state index contributed by atoms with van der Waals surface area (Å²) in [5.41, 5.74) is 3.89. The summed E-state index contributed by atoms with van der Waals surface area (Å²) in [4.78, 5) is 24.4. The molecule has 1 fully saturated rings. The third-order valence-corrected chi connectivity index (χ3v) is 5.48. The summed E-state index contributed by atoms with van der Waals surface area (Å²) in [6.07, 6.45) is 2.49. The Labute approximate surface area is 153 Å². The highest BCUT2D eigenvalue weighted by Gasteiger charge is 2.43. The molecular formula is C20H24N4O2. The zero-order valence-corrected chi connectivity index (χ0v) is 15.2. The molecule has 1 aliphatic heterocycles. The molecule has 1 aliphatic carbocycles. The number of amides is 2. The Morgan fingerprint density at radius 1 is 1.35 bits per heavy atom. The fourth-order valence-corrected chi connectivity index (χ4v) is 3.75. The van der Waals surface area contributed by atoms with E-state index >= 15 is 0 Å². The minimum absolute atomic E-state index is 0.0216. The Balaban J connectivity index is 1.33. The Kier molecular flexibility index (Phi) is 4.05. The maximum atomic E-state index is 12.4. The molecule has 136 valence electrons. The monoisotopic (exact) mass is 352 g/mol. The molecule has 1 aromatic carbocycles. The molecule has 0 bridgehead atoms. The van der Waals surface area contributed by atoms with Crippen molar-refractivity contribution in [3.05, 3.63) is 52.8 Å². The first-order valence-corrected chi connectivity index (χ1v) is 9.13. The van der Waals surface area contributed by atoms with Crippen molar-refractivity contribution in [2.75, 3.05) is 6.54 Å². The van der Waals surface area contributed by atoms with Gasteiger partial charge in [0.1, 0.15) is 0 Å². The molecule has 2 aromatic rings. The molecule has 1 saturated carbocycles. The van der Waals surface area contributed by atoms with E-state index in [1.165, 1.54) is 0 Å². The van der Waals surface area contributed by atoms with Crippen molar-refractivity contribution in [2.45, 2.75) is 45.7 Å². The van der Waals surface area contributed by atoms with Crippen LogP contribution in [0.4, 0.5) is 0 Å². The Morgan fingerprint density at radius 3 is 2.81 bits per heavy atom. The van der Waals surface area contributed by atoms with Gasteiger partial charge in [0.25, 0.3) is 5.91 Å². The predicted molar refractivity (Wildman–Crippen MR) is 97.6 cm³/mol. The van der Waals surface area contributed by atoms with Gasteiger partial charge in [-0.05, 0) is 44.4 Å². The maximum Gasteiger partial charge on any atom is 0.252 e. The number of nitrogens with zero attached hydrogens (tertiary/aromatic N) is 2. The van der Waals surface area contributed by atoms with E-state index in [1.54, 1.807) is 6.07 Å². The second-order valence-electron chi connectivity index (χ2n) is 7.68. The van der Waals surface area contributed by atoms with E-state index in [0.717, 1.165) is 36.3 Å². The second-order valence-corrected chi connectivity index (χ2v) is 7.68. The van der Waals surface area contributed by atoms with Crippen molar-refractivity contribution < 1.29 is 9.59 Å². The van der Waals surface area contributed by atoms with Crippen molar-refractivity contribution >= 4 is 11.8 Å². The van der Waals surface area contributed by atoms with Gasteiger partial charge >= 0.3 is 0 Å². The van der Waals surface area contributed by atoms with Crippen LogP contribution in [0, 0.1) is 19.3 Å². The Morgan fingerprint density at radius 2 is 2.12 bits per heavy atom. The van der Waals surface area contributed by atoms with Gasteiger partial charge in [-0.2, -0.15) is 5.10 Å². The number of fused-ring (bicyclic) bond motifs is 1. The largest absolute Gasteiger partial charge is 0.355 e. The van der Waals surface area contributed by atoms with Crippen molar-refractivity contribution in [2.24, 2.45) is 5.41 Å². The van der Waals surface area contributed by atoms with Crippen molar-refractivity contribution in [3.8, 4) is 0 Å². The molecule has 1 aromatic heterocycles. The van der Waals surface area contributed by atoms with Crippen LogP contribution in [-0.2, 0) is 11.3 Å². The summed E-state index contributed by atoms with van der Waals surface area (Å²) in [6, 6.07) is 9.31. The van der Waals surface area contributed by atoms with Gasteiger partial charge in [-0.25, -0.2) is 0 Å². The van der Waals surface area contributed by atoms with Gasteiger partial charge in [0, 0.05) is 29.8 Å². The maximum absolute atomic E-state index is 12.4. The Hall–Kier alpha value is -2.63. The number of hydrogen-bond donors (Lipinski definition) is 2. The lowest BCUT2D eigenvalue weighted by Crippen LogP contribution is -2.34. The first-order chi connectivity index (χ1) is 12.5. The van der Waals surface area contributed by atoms with E-state index < -0.39 is 0 Å². The molecule has 26 heavy (non-hydrogen) atoms. The number of carbonyl (C=O) groups is 2. The molecule has 2 N–H and O–H groups in total. The molecule has 0 unspecified atom stereocenters. The van der Waals surface area contributed by atoms with Crippen molar-refractivity contribution in [1.82, 2.24) is 20.4 Å². The third-order valence-electron chi connectivity index (χ3n) is 5.48. The highest BCUT2D eigenvalue weighted by molar-refractivity contribution is 5.99. The van der Waals surface area contributed by atoms with Gasteiger partial charge in [0.2, 0.25) is 5.91 Å². The second kappa shape index (κ2) is 6.27. The zero-order chi connectivity index (χ0) is 18.3. The third kappa shape index (κ3) is 3.23. The Bertz CT molecular complexity index is 866. The number of rotatable bonds is 6. The lowest BCUT2D eigenvalue weighted by atomic mass is 10.0. The average molecular weight is 352 g/mol. The molecule has 1 atom stereocenters. The molecular weight excluding hydrogens is 328 g/mol. The molecule has 0 saturated heterocycles. The molecule has 6 heteroatoms. The minimum atomic E-state index is -0.232. The molecule has 6 nitrogen and oxygen atoms in total. The smallest absolute Gasteiger partial charge is 0.252 e. The molecule has 2 amide bonds. The van der Waals surface area contributed by atoms with Crippen LogP contribution in [0.5, 0.6) is 0 Å². The summed E-state index contributed by atoms with van der Waals surface area (Å²) >= 11 is 0. The zero-order valence-electron chi connectivity index (χ0n) is 15.2. The number of benzene rings is 1. The van der Waals surface area contributed by atoms with Crippen molar-refractivity contribution in [3.63, 3.8) is 0 Å². The molecule has 4 rings (SSSR count). The first-order valence-electron chi connectivity index (χ1n) is 9.13. The van der Waals surface area contributed by atoms with Crippen molar-refractivity contribution in [1.29, 1.82) is 0 Å². The summed E-state index contributed by atoms with van der Waals surface area (Å²) in [5, 5.41) is 10.5. The van der Waals surface area contributed by atoms with E-state index in [-0.39, 0.29) is 29.7 Å². The summed E-state index contributed by atoms with van der Waals surface area (Å²) in [5.74, 6) is -0.117. The van der Waals surface area contributed by atoms with E-state index in [9.17, 15) is 9.59 Å². The normalized spacial score (nSPS) is 19.8. The van der Waals surface area contributed by atoms with Crippen LogP contribution in [0.1, 0.15) is 52.6 Å². The SMILES string of the molecule is Cc1cc(C)n(CC2(CNC(=O)C[C@H]3NC(=O)c4ccccc43)CC2)n1. The van der Waals surface area contributed by atoms with Crippen LogP contribution >= 0.6 is 0 Å². The predicted octanol–water partition coefficient (Wildman–Crippen LogP) is 2.27. The lowest BCUT2D eigenvalue weighted by Gasteiger charge is -2.18. The highest BCUT2D eigenvalue weighted by atomic mass is 16.2. The van der Waals surface area contributed by atoms with E-state index in [2.05, 4.69) is 28.7 Å². The van der Waals surface area contributed by atoms with Gasteiger partial charge in [-0.15, -0.1) is 0 Å². The number of aryl methyl sites for hydroxylation is 2. The number of nitrogens with one attached hydrogen (secondary N) is 2. The van der Waals surface area contributed by atoms with Crippen LogP contribution in [-0.4, -0.2) is 28.1 Å². The fraction of sp³-hybridized carbons (Fsp3) is 0.450. The van der Waals surface area contributed by atoms with E-state index in [0.29, 0.717) is 12.1 Å². The molecule has 2 aliphatic rings. The van der Waals surface area contributed by atoms with E-state index in [4.69, 9.17) is 0 Å². The highest BCUT2D eigenvalue weighted by Crippen LogP contribution is 2.46. The summed E-state index contributed by atoms with van der Waals surface area (Å²) in [6.45, 7) is 5.57. The van der Waals surface area contributed by atoms with Crippen LogP contribution in [0.3, 0.4) is 0 Å². The van der Waals surface area contributed by atoms with Gasteiger partial charge in [0.15, 0.2) is 0 Å². The minimum Gasteiger partial charge on any atom is -0.355 e. The topological polar surface area (TPSA) is 76.0 Å². The van der Waals surface area contributed by atoms with Gasteiger partial charge in [-0.3, -0.25) is 14.3 Å². The van der Waals surface area contributed by atoms with Gasteiger partial charge < -0.3 is 10.6 Å².